The van der Waals surface area contributed by atoms with Gasteiger partial charge in [0.2, 0.25) is 6.79 Å². The molecule has 1 aromatic heterocycles. The second kappa shape index (κ2) is 12.9. The summed E-state index contributed by atoms with van der Waals surface area (Å²) >= 11 is 1.25. The molecule has 0 fully saturated rings. The first-order valence-corrected chi connectivity index (χ1v) is 16.2. The van der Waals surface area contributed by atoms with Crippen LogP contribution in [0.1, 0.15) is 36.6 Å². The van der Waals surface area contributed by atoms with Crippen molar-refractivity contribution in [3.8, 4) is 28.7 Å². The predicted octanol–water partition coefficient (Wildman–Crippen LogP) is 5.28. The van der Waals surface area contributed by atoms with Crippen LogP contribution in [0.25, 0.3) is 16.8 Å². The van der Waals surface area contributed by atoms with Crippen molar-refractivity contribution in [2.45, 2.75) is 26.5 Å². The first-order chi connectivity index (χ1) is 23.4. The summed E-state index contributed by atoms with van der Waals surface area (Å²) in [5.74, 6) is 2.47. The van der Waals surface area contributed by atoms with Gasteiger partial charge in [0, 0.05) is 5.56 Å². The molecule has 5 aromatic rings. The zero-order chi connectivity index (χ0) is 33.4. The molecule has 3 heterocycles. The summed E-state index contributed by atoms with van der Waals surface area (Å²) in [4.78, 5) is 33.0. The minimum atomic E-state index is -0.829. The zero-order valence-corrected chi connectivity index (χ0v) is 27.6. The molecule has 2 aliphatic heterocycles. The van der Waals surface area contributed by atoms with Crippen LogP contribution in [0.4, 0.5) is 0 Å². The van der Waals surface area contributed by atoms with Crippen LogP contribution < -0.4 is 38.6 Å². The van der Waals surface area contributed by atoms with E-state index in [1.54, 1.807) is 38.7 Å². The van der Waals surface area contributed by atoms with E-state index in [1.165, 1.54) is 11.3 Å². The average Bonchev–Trinajstić information content (AvgIpc) is 3.69. The third kappa shape index (κ3) is 5.56. The van der Waals surface area contributed by atoms with Gasteiger partial charge in [0.1, 0.15) is 18.4 Å². The van der Waals surface area contributed by atoms with Crippen LogP contribution in [0.15, 0.2) is 93.9 Å². The number of benzene rings is 4. The lowest BCUT2D eigenvalue weighted by atomic mass is 9.90. The van der Waals surface area contributed by atoms with Gasteiger partial charge in [0.25, 0.3) is 5.56 Å². The highest BCUT2D eigenvalue weighted by atomic mass is 32.1. The second-order valence-electron chi connectivity index (χ2n) is 11.1. The molecular formula is C37H32N2O8S. The second-order valence-corrected chi connectivity index (χ2v) is 12.1. The number of nitrogens with zero attached hydrogens (tertiary/aromatic N) is 2. The molecule has 4 aromatic carbocycles. The first kappa shape index (κ1) is 31.1. The van der Waals surface area contributed by atoms with Crippen LogP contribution in [0.2, 0.25) is 0 Å². The van der Waals surface area contributed by atoms with Gasteiger partial charge < -0.3 is 28.4 Å². The Balaban J connectivity index is 1.30. The van der Waals surface area contributed by atoms with Crippen molar-refractivity contribution in [1.82, 2.24) is 4.57 Å². The summed E-state index contributed by atoms with van der Waals surface area (Å²) in [7, 11) is 3.14. The number of hydrogen-bond donors (Lipinski definition) is 0. The standard InChI is InChI=1S/C37H32N2O8S/c1-5-44-36(41)32-21(2)38-37-39(34(32)33-25-9-7-6-8-24(25)12-15-28(33)42-3)35(40)31(48-37)18-22-10-13-26(29(16-22)43-4)45-19-23-11-14-27-30(17-23)47-20-46-27/h6-18,34H,5,19-20H2,1-4H3/t34-/m0/s1. The van der Waals surface area contributed by atoms with Crippen LogP contribution in [0, 0.1) is 0 Å². The van der Waals surface area contributed by atoms with Gasteiger partial charge in [-0.2, -0.15) is 0 Å². The Bertz CT molecular complexity index is 2290. The van der Waals surface area contributed by atoms with Crippen LogP contribution in [0.5, 0.6) is 28.7 Å². The molecule has 244 valence electrons. The van der Waals surface area contributed by atoms with E-state index < -0.39 is 12.0 Å². The van der Waals surface area contributed by atoms with E-state index >= 15 is 0 Å². The van der Waals surface area contributed by atoms with Gasteiger partial charge in [-0.25, -0.2) is 9.79 Å². The molecule has 2 aliphatic rings. The first-order valence-electron chi connectivity index (χ1n) is 15.3. The lowest BCUT2D eigenvalue weighted by Crippen LogP contribution is -2.40. The molecule has 0 N–H and O–H groups in total. The van der Waals surface area contributed by atoms with Crippen molar-refractivity contribution in [2.75, 3.05) is 27.6 Å². The van der Waals surface area contributed by atoms with E-state index in [1.807, 2.05) is 72.8 Å². The number of aromatic nitrogens is 1. The topological polar surface area (TPSA) is 107 Å². The van der Waals surface area contributed by atoms with Crippen LogP contribution in [-0.4, -0.2) is 38.2 Å². The molecule has 48 heavy (non-hydrogen) atoms. The van der Waals surface area contributed by atoms with Crippen molar-refractivity contribution in [3.05, 3.63) is 120 Å². The number of allylic oxidation sites excluding steroid dienone is 1. The minimum absolute atomic E-state index is 0.178. The highest BCUT2D eigenvalue weighted by Gasteiger charge is 2.36. The average molecular weight is 665 g/mol. The van der Waals surface area contributed by atoms with Gasteiger partial charge in [0.05, 0.1) is 36.6 Å². The van der Waals surface area contributed by atoms with Crippen LogP contribution >= 0.6 is 11.3 Å². The summed E-state index contributed by atoms with van der Waals surface area (Å²) in [6.07, 6.45) is 1.79. The molecule has 0 amide bonds. The van der Waals surface area contributed by atoms with Gasteiger partial charge in [-0.3, -0.25) is 9.36 Å². The van der Waals surface area contributed by atoms with Crippen molar-refractivity contribution in [2.24, 2.45) is 4.99 Å². The molecular weight excluding hydrogens is 632 g/mol. The normalized spacial score (nSPS) is 15.2. The number of fused-ring (bicyclic) bond motifs is 3. The van der Waals surface area contributed by atoms with E-state index in [-0.39, 0.29) is 24.5 Å². The Labute approximate surface area is 279 Å². The lowest BCUT2D eigenvalue weighted by molar-refractivity contribution is -0.139. The molecule has 0 bridgehead atoms. The fourth-order valence-corrected chi connectivity index (χ4v) is 7.08. The SMILES string of the molecule is CCOC(=O)C1=C(C)N=c2sc(=Cc3ccc(OCc4ccc5c(c4)OCO5)c(OC)c3)c(=O)n2[C@@H]1c1c(OC)ccc2ccccc12. The summed E-state index contributed by atoms with van der Waals surface area (Å²) in [5, 5.41) is 1.80. The fraction of sp³-hybridized carbons (Fsp3) is 0.216. The maximum atomic E-state index is 14.3. The maximum Gasteiger partial charge on any atom is 0.338 e. The Morgan fingerprint density at radius 3 is 2.58 bits per heavy atom. The maximum absolute atomic E-state index is 14.3. The van der Waals surface area contributed by atoms with Gasteiger partial charge in [-0.1, -0.05) is 53.8 Å². The third-order valence-electron chi connectivity index (χ3n) is 8.26. The number of carbonyl (C=O) groups excluding carboxylic acids is 1. The van der Waals surface area contributed by atoms with E-state index in [9.17, 15) is 9.59 Å². The number of methoxy groups -OCH3 is 2. The Kier molecular flexibility index (Phi) is 8.36. The highest BCUT2D eigenvalue weighted by Crippen LogP contribution is 2.40. The Morgan fingerprint density at radius 1 is 0.979 bits per heavy atom. The lowest BCUT2D eigenvalue weighted by Gasteiger charge is -2.27. The minimum Gasteiger partial charge on any atom is -0.496 e. The Morgan fingerprint density at radius 2 is 1.77 bits per heavy atom. The zero-order valence-electron chi connectivity index (χ0n) is 26.8. The van der Waals surface area contributed by atoms with E-state index in [0.717, 1.165) is 21.9 Å². The van der Waals surface area contributed by atoms with E-state index in [4.69, 9.17) is 33.4 Å². The van der Waals surface area contributed by atoms with Crippen LogP contribution in [-0.2, 0) is 16.1 Å². The number of thiazole rings is 1. The van der Waals surface area contributed by atoms with Crippen LogP contribution in [0.3, 0.4) is 0 Å². The quantitative estimate of drug-likeness (QED) is 0.196. The molecule has 11 heteroatoms. The molecule has 1 atom stereocenters. The number of rotatable bonds is 9. The smallest absolute Gasteiger partial charge is 0.338 e. The van der Waals surface area contributed by atoms with E-state index in [0.29, 0.717) is 55.9 Å². The summed E-state index contributed by atoms with van der Waals surface area (Å²) in [6, 6.07) is 21.9. The summed E-state index contributed by atoms with van der Waals surface area (Å²) in [6.45, 7) is 4.19. The molecule has 0 saturated carbocycles. The predicted molar refractivity (Wildman–Crippen MR) is 181 cm³/mol. The molecule has 0 unspecified atom stereocenters. The largest absolute Gasteiger partial charge is 0.496 e. The van der Waals surface area contributed by atoms with Gasteiger partial charge >= 0.3 is 5.97 Å². The molecule has 0 spiro atoms. The molecule has 0 aliphatic carbocycles. The third-order valence-corrected chi connectivity index (χ3v) is 9.24. The monoisotopic (exact) mass is 664 g/mol. The Hall–Kier alpha value is -5.55. The molecule has 7 rings (SSSR count). The van der Waals surface area contributed by atoms with Crippen molar-refractivity contribution in [1.29, 1.82) is 0 Å². The van der Waals surface area contributed by atoms with E-state index in [2.05, 4.69) is 0 Å². The fourth-order valence-electron chi connectivity index (χ4n) is 6.04. The molecule has 0 radical (unpaired) electrons. The van der Waals surface area contributed by atoms with Crippen molar-refractivity contribution in [3.63, 3.8) is 0 Å². The summed E-state index contributed by atoms with van der Waals surface area (Å²) < 4.78 is 35.9. The van der Waals surface area contributed by atoms with Gasteiger partial charge in [0.15, 0.2) is 27.8 Å². The van der Waals surface area contributed by atoms with Gasteiger partial charge in [-0.05, 0) is 72.2 Å². The molecule has 0 saturated heterocycles. The van der Waals surface area contributed by atoms with Crippen molar-refractivity contribution >= 4 is 34.2 Å². The number of ether oxygens (including phenoxy) is 6. The number of carbonyl (C=O) groups is 1. The van der Waals surface area contributed by atoms with Gasteiger partial charge in [-0.15, -0.1) is 0 Å². The highest BCUT2D eigenvalue weighted by molar-refractivity contribution is 7.07. The summed E-state index contributed by atoms with van der Waals surface area (Å²) in [5.41, 5.74) is 2.80. The molecule has 10 nitrogen and oxygen atoms in total. The number of esters is 1. The number of hydrogen-bond acceptors (Lipinski definition) is 10. The van der Waals surface area contributed by atoms with Crippen molar-refractivity contribution < 1.29 is 33.2 Å².